The topological polar surface area (TPSA) is 21.3 Å². The van der Waals surface area contributed by atoms with E-state index in [1.807, 2.05) is 18.2 Å². The lowest BCUT2D eigenvalue weighted by Gasteiger charge is -2.10. The predicted octanol–water partition coefficient (Wildman–Crippen LogP) is 2.98. The summed E-state index contributed by atoms with van der Waals surface area (Å²) in [4.78, 5) is 0. The molecular formula is C16H21NO. The summed E-state index contributed by atoms with van der Waals surface area (Å²) in [5, 5.41) is 3.59. The van der Waals surface area contributed by atoms with Crippen molar-refractivity contribution < 1.29 is 4.74 Å². The number of hydrogen-bond donors (Lipinski definition) is 1. The van der Waals surface area contributed by atoms with Gasteiger partial charge in [0.15, 0.2) is 0 Å². The standard InChI is InChI=1S/C16H21NO/c1-3-7-13-11-15(13)17-12-14-8-5-6-9-16(14)18-10-4-2/h2,5-6,8-9,13,15,17H,3,7,10-12H2,1H3. The normalized spacial score (nSPS) is 21.3. The van der Waals surface area contributed by atoms with Gasteiger partial charge in [0.25, 0.3) is 0 Å². The molecule has 1 aromatic carbocycles. The first-order chi connectivity index (χ1) is 8.85. The van der Waals surface area contributed by atoms with Crippen LogP contribution in [0.1, 0.15) is 31.7 Å². The van der Waals surface area contributed by atoms with E-state index in [-0.39, 0.29) is 0 Å². The van der Waals surface area contributed by atoms with Crippen LogP contribution in [-0.2, 0) is 6.54 Å². The summed E-state index contributed by atoms with van der Waals surface area (Å²) in [5.74, 6) is 4.28. The zero-order chi connectivity index (χ0) is 12.8. The minimum absolute atomic E-state index is 0.332. The zero-order valence-electron chi connectivity index (χ0n) is 11.0. The molecule has 2 unspecified atom stereocenters. The van der Waals surface area contributed by atoms with Crippen LogP contribution in [0.3, 0.4) is 0 Å². The Morgan fingerprint density at radius 2 is 2.28 bits per heavy atom. The number of terminal acetylenes is 1. The molecule has 0 amide bonds. The SMILES string of the molecule is C#CCOc1ccccc1CNC1CC1CCC. The van der Waals surface area contributed by atoms with E-state index in [0.29, 0.717) is 12.6 Å². The lowest BCUT2D eigenvalue weighted by atomic mass is 10.2. The van der Waals surface area contributed by atoms with Crippen LogP contribution in [0.4, 0.5) is 0 Å². The Kier molecular flexibility index (Phi) is 4.66. The van der Waals surface area contributed by atoms with E-state index in [0.717, 1.165) is 18.2 Å². The molecule has 2 heteroatoms. The van der Waals surface area contributed by atoms with E-state index in [2.05, 4.69) is 24.2 Å². The van der Waals surface area contributed by atoms with Crippen LogP contribution >= 0.6 is 0 Å². The lowest BCUT2D eigenvalue weighted by Crippen LogP contribution is -2.18. The molecule has 1 saturated carbocycles. The Balaban J connectivity index is 1.84. The molecule has 1 aliphatic carbocycles. The van der Waals surface area contributed by atoms with Gasteiger partial charge in [-0.05, 0) is 24.8 Å². The number of nitrogens with one attached hydrogen (secondary N) is 1. The highest BCUT2D eigenvalue weighted by Crippen LogP contribution is 2.35. The second-order valence-electron chi connectivity index (χ2n) is 4.87. The second-order valence-corrected chi connectivity index (χ2v) is 4.87. The van der Waals surface area contributed by atoms with Crippen LogP contribution in [-0.4, -0.2) is 12.6 Å². The third-order valence-electron chi connectivity index (χ3n) is 3.42. The van der Waals surface area contributed by atoms with E-state index in [1.165, 1.54) is 24.8 Å². The smallest absolute Gasteiger partial charge is 0.148 e. The van der Waals surface area contributed by atoms with Gasteiger partial charge in [-0.25, -0.2) is 0 Å². The fraction of sp³-hybridized carbons (Fsp3) is 0.500. The quantitative estimate of drug-likeness (QED) is 0.743. The molecule has 18 heavy (non-hydrogen) atoms. The molecule has 2 nitrogen and oxygen atoms in total. The summed E-state index contributed by atoms with van der Waals surface area (Å²) in [7, 11) is 0. The molecule has 2 atom stereocenters. The van der Waals surface area contributed by atoms with Gasteiger partial charge in [-0.15, -0.1) is 6.42 Å². The molecule has 1 aromatic rings. The van der Waals surface area contributed by atoms with E-state index in [9.17, 15) is 0 Å². The van der Waals surface area contributed by atoms with E-state index in [1.54, 1.807) is 0 Å². The monoisotopic (exact) mass is 243 g/mol. The van der Waals surface area contributed by atoms with Gasteiger partial charge in [-0.2, -0.15) is 0 Å². The van der Waals surface area contributed by atoms with E-state index < -0.39 is 0 Å². The number of benzene rings is 1. The third-order valence-corrected chi connectivity index (χ3v) is 3.42. The van der Waals surface area contributed by atoms with E-state index in [4.69, 9.17) is 11.2 Å². The van der Waals surface area contributed by atoms with Crippen LogP contribution < -0.4 is 10.1 Å². The average molecular weight is 243 g/mol. The Hall–Kier alpha value is -1.46. The highest BCUT2D eigenvalue weighted by Gasteiger charge is 2.35. The Labute approximate surface area is 110 Å². The van der Waals surface area contributed by atoms with Crippen molar-refractivity contribution in [2.24, 2.45) is 5.92 Å². The molecule has 96 valence electrons. The number of rotatable bonds is 7. The Morgan fingerprint density at radius 1 is 1.44 bits per heavy atom. The second kappa shape index (κ2) is 6.47. The number of para-hydroxylation sites is 1. The molecule has 0 aromatic heterocycles. The van der Waals surface area contributed by atoms with Crippen molar-refractivity contribution in [3.63, 3.8) is 0 Å². The minimum Gasteiger partial charge on any atom is -0.481 e. The zero-order valence-corrected chi connectivity index (χ0v) is 11.0. The lowest BCUT2D eigenvalue weighted by molar-refractivity contribution is 0.364. The van der Waals surface area contributed by atoms with Gasteiger partial charge >= 0.3 is 0 Å². The van der Waals surface area contributed by atoms with Gasteiger partial charge in [0.05, 0.1) is 0 Å². The summed E-state index contributed by atoms with van der Waals surface area (Å²) >= 11 is 0. The summed E-state index contributed by atoms with van der Waals surface area (Å²) in [5.41, 5.74) is 1.19. The number of hydrogen-bond acceptors (Lipinski definition) is 2. The van der Waals surface area contributed by atoms with Gasteiger partial charge in [0, 0.05) is 18.2 Å². The first kappa shape index (κ1) is 13.0. The molecule has 0 aliphatic heterocycles. The molecule has 1 N–H and O–H groups in total. The van der Waals surface area contributed by atoms with Gasteiger partial charge in [-0.3, -0.25) is 0 Å². The van der Waals surface area contributed by atoms with Crippen molar-refractivity contribution in [2.45, 2.75) is 38.8 Å². The molecule has 1 fully saturated rings. The van der Waals surface area contributed by atoms with Gasteiger partial charge in [0.1, 0.15) is 12.4 Å². The molecule has 1 aliphatic rings. The van der Waals surface area contributed by atoms with Crippen molar-refractivity contribution >= 4 is 0 Å². The molecular weight excluding hydrogens is 222 g/mol. The first-order valence-corrected chi connectivity index (χ1v) is 6.72. The highest BCUT2D eigenvalue weighted by atomic mass is 16.5. The third kappa shape index (κ3) is 3.51. The Bertz CT molecular complexity index is 421. The van der Waals surface area contributed by atoms with Crippen molar-refractivity contribution in [3.8, 4) is 18.1 Å². The highest BCUT2D eigenvalue weighted by molar-refractivity contribution is 5.33. The fourth-order valence-corrected chi connectivity index (χ4v) is 2.34. The molecule has 0 radical (unpaired) electrons. The molecule has 0 bridgehead atoms. The Morgan fingerprint density at radius 3 is 3.06 bits per heavy atom. The van der Waals surface area contributed by atoms with Crippen LogP contribution in [0.2, 0.25) is 0 Å². The minimum atomic E-state index is 0.332. The summed E-state index contributed by atoms with van der Waals surface area (Å²) in [6, 6.07) is 8.79. The van der Waals surface area contributed by atoms with Crippen LogP contribution in [0.25, 0.3) is 0 Å². The van der Waals surface area contributed by atoms with Crippen molar-refractivity contribution in [1.29, 1.82) is 0 Å². The van der Waals surface area contributed by atoms with Crippen molar-refractivity contribution in [1.82, 2.24) is 5.32 Å². The van der Waals surface area contributed by atoms with Crippen molar-refractivity contribution in [2.75, 3.05) is 6.61 Å². The maximum Gasteiger partial charge on any atom is 0.148 e. The molecule has 0 saturated heterocycles. The van der Waals surface area contributed by atoms with Gasteiger partial charge < -0.3 is 10.1 Å². The maximum absolute atomic E-state index is 5.54. The van der Waals surface area contributed by atoms with Crippen LogP contribution in [0.5, 0.6) is 5.75 Å². The van der Waals surface area contributed by atoms with Crippen molar-refractivity contribution in [3.05, 3.63) is 29.8 Å². The molecule has 2 rings (SSSR count). The summed E-state index contributed by atoms with van der Waals surface area (Å²) < 4.78 is 5.54. The molecule has 0 heterocycles. The largest absolute Gasteiger partial charge is 0.481 e. The van der Waals surface area contributed by atoms with Crippen LogP contribution in [0.15, 0.2) is 24.3 Å². The van der Waals surface area contributed by atoms with Gasteiger partial charge in [-0.1, -0.05) is 37.5 Å². The van der Waals surface area contributed by atoms with Crippen LogP contribution in [0, 0.1) is 18.3 Å². The average Bonchev–Trinajstić information content (AvgIpc) is 3.14. The summed E-state index contributed by atoms with van der Waals surface area (Å²) in [6.07, 6.45) is 9.16. The maximum atomic E-state index is 5.54. The van der Waals surface area contributed by atoms with Gasteiger partial charge in [0.2, 0.25) is 0 Å². The summed E-state index contributed by atoms with van der Waals surface area (Å²) in [6.45, 7) is 3.45. The number of ether oxygens (including phenoxy) is 1. The van der Waals surface area contributed by atoms with E-state index >= 15 is 0 Å². The molecule has 0 spiro atoms. The fourth-order valence-electron chi connectivity index (χ4n) is 2.34. The predicted molar refractivity (Wildman–Crippen MR) is 74.4 cm³/mol. The first-order valence-electron chi connectivity index (χ1n) is 6.72.